The van der Waals surface area contributed by atoms with Crippen LogP contribution in [0.4, 0.5) is 0 Å². The monoisotopic (exact) mass is 118 g/mol. The van der Waals surface area contributed by atoms with E-state index in [0.717, 1.165) is 0 Å². The highest BCUT2D eigenvalue weighted by Gasteiger charge is 2.00. The Balaban J connectivity index is 3.25. The molecule has 0 aromatic rings. The van der Waals surface area contributed by atoms with Crippen LogP contribution in [-0.2, 0) is 9.53 Å². The first kappa shape index (κ1) is 7.43. The highest BCUT2D eigenvalue weighted by atomic mass is 16.6. The zero-order chi connectivity index (χ0) is 6.57. The number of esters is 1. The van der Waals surface area contributed by atoms with Gasteiger partial charge >= 0.3 is 5.97 Å². The van der Waals surface area contributed by atoms with Crippen LogP contribution in [0.15, 0.2) is 0 Å². The van der Waals surface area contributed by atoms with Crippen molar-refractivity contribution in [2.45, 2.75) is 26.6 Å². The number of ether oxygens (including phenoxy) is 1. The Bertz CT molecular complexity index is 77.7. The number of hydrogen-bond donors (Lipinski definition) is 1. The molecule has 0 amide bonds. The third-order valence-corrected chi connectivity index (χ3v) is 0.591. The van der Waals surface area contributed by atoms with Gasteiger partial charge < -0.3 is 9.84 Å². The lowest BCUT2D eigenvalue weighted by Gasteiger charge is -2.03. The maximum atomic E-state index is 10.2. The fourth-order valence-corrected chi connectivity index (χ4v) is 0.274. The first-order valence-corrected chi connectivity index (χ1v) is 2.54. The summed E-state index contributed by atoms with van der Waals surface area (Å²) in [5.41, 5.74) is 0. The molecule has 0 radical (unpaired) electrons. The van der Waals surface area contributed by atoms with E-state index in [4.69, 9.17) is 5.11 Å². The van der Waals surface area contributed by atoms with Crippen molar-refractivity contribution in [2.75, 3.05) is 0 Å². The van der Waals surface area contributed by atoms with Crippen LogP contribution in [0.2, 0.25) is 0 Å². The Morgan fingerprint density at radius 2 is 2.38 bits per heavy atom. The Morgan fingerprint density at radius 1 is 1.88 bits per heavy atom. The fraction of sp³-hybridized carbons (Fsp3) is 0.800. The number of carbonyl (C=O) groups is 1. The molecule has 1 atom stereocenters. The summed E-state index contributed by atoms with van der Waals surface area (Å²) in [4.78, 5) is 10.2. The molecule has 0 aromatic carbocycles. The molecule has 0 aromatic heterocycles. The third-order valence-electron chi connectivity index (χ3n) is 0.591. The first-order valence-electron chi connectivity index (χ1n) is 2.54. The fourth-order valence-electron chi connectivity index (χ4n) is 0.274. The van der Waals surface area contributed by atoms with Gasteiger partial charge in [-0.3, -0.25) is 4.79 Å². The molecular formula is C5H10O3. The molecule has 0 bridgehead atoms. The van der Waals surface area contributed by atoms with E-state index in [1.165, 1.54) is 6.92 Å². The summed E-state index contributed by atoms with van der Waals surface area (Å²) < 4.78 is 4.32. The van der Waals surface area contributed by atoms with Crippen molar-refractivity contribution in [1.82, 2.24) is 0 Å². The summed E-state index contributed by atoms with van der Waals surface area (Å²) in [7, 11) is 0. The molecule has 1 N–H and O–H groups in total. The van der Waals surface area contributed by atoms with Gasteiger partial charge in [-0.05, 0) is 6.92 Å². The van der Waals surface area contributed by atoms with Crippen molar-refractivity contribution in [3.63, 3.8) is 0 Å². The molecule has 48 valence electrons. The summed E-state index contributed by atoms with van der Waals surface area (Å²) in [6, 6.07) is 0. The summed E-state index contributed by atoms with van der Waals surface area (Å²) in [6.07, 6.45) is -0.660. The minimum absolute atomic E-state index is 0.310. The number of aliphatic hydroxyl groups excluding tert-OH is 1. The Morgan fingerprint density at radius 3 is 2.50 bits per heavy atom. The Labute approximate surface area is 48.3 Å². The summed E-state index contributed by atoms with van der Waals surface area (Å²) >= 11 is 0. The van der Waals surface area contributed by atoms with Crippen LogP contribution in [0.3, 0.4) is 0 Å². The molecule has 3 nitrogen and oxygen atoms in total. The largest absolute Gasteiger partial charge is 0.436 e. The van der Waals surface area contributed by atoms with Crippen LogP contribution in [0.25, 0.3) is 0 Å². The average Bonchev–Trinajstić information content (AvgIpc) is 1.65. The molecule has 0 spiro atoms. The Hall–Kier alpha value is -0.570. The van der Waals surface area contributed by atoms with Gasteiger partial charge in [-0.1, -0.05) is 6.92 Å². The van der Waals surface area contributed by atoms with Gasteiger partial charge in [0.05, 0.1) is 0 Å². The number of aliphatic hydroxyl groups is 1. The Kier molecular flexibility index (Phi) is 3.19. The molecule has 0 saturated carbocycles. The minimum Gasteiger partial charge on any atom is -0.436 e. The highest BCUT2D eigenvalue weighted by Crippen LogP contribution is 1.87. The van der Waals surface area contributed by atoms with Gasteiger partial charge in [0.15, 0.2) is 6.29 Å². The van der Waals surface area contributed by atoms with E-state index >= 15 is 0 Å². The average molecular weight is 118 g/mol. The van der Waals surface area contributed by atoms with Crippen LogP contribution in [-0.4, -0.2) is 17.4 Å². The van der Waals surface area contributed by atoms with Crippen molar-refractivity contribution in [1.29, 1.82) is 0 Å². The van der Waals surface area contributed by atoms with Crippen molar-refractivity contribution >= 4 is 5.97 Å². The molecular weight excluding hydrogens is 108 g/mol. The molecule has 1 unspecified atom stereocenters. The zero-order valence-corrected chi connectivity index (χ0v) is 5.05. The van der Waals surface area contributed by atoms with Crippen molar-refractivity contribution in [3.05, 3.63) is 0 Å². The van der Waals surface area contributed by atoms with Gasteiger partial charge in [0.2, 0.25) is 0 Å². The SMILES string of the molecule is CCC(=O)OC(C)O. The van der Waals surface area contributed by atoms with E-state index in [1.54, 1.807) is 6.92 Å². The molecule has 0 fully saturated rings. The quantitative estimate of drug-likeness (QED) is 0.418. The zero-order valence-electron chi connectivity index (χ0n) is 5.05. The highest BCUT2D eigenvalue weighted by molar-refractivity contribution is 5.68. The van der Waals surface area contributed by atoms with Crippen molar-refractivity contribution in [3.8, 4) is 0 Å². The second-order valence-corrected chi connectivity index (χ2v) is 1.44. The van der Waals surface area contributed by atoms with Crippen molar-refractivity contribution in [2.24, 2.45) is 0 Å². The van der Waals surface area contributed by atoms with Gasteiger partial charge in [0, 0.05) is 6.42 Å². The standard InChI is InChI=1S/C5H10O3/c1-3-5(7)8-4(2)6/h4,6H,3H2,1-2H3. The molecule has 0 rings (SSSR count). The predicted octanol–water partition coefficient (Wildman–Crippen LogP) is 0.278. The molecule has 0 saturated heterocycles. The van der Waals surface area contributed by atoms with Gasteiger partial charge in [-0.25, -0.2) is 0 Å². The number of carbonyl (C=O) groups excluding carboxylic acids is 1. The van der Waals surface area contributed by atoms with Gasteiger partial charge in [0.1, 0.15) is 0 Å². The summed E-state index contributed by atoms with van der Waals surface area (Å²) in [5.74, 6) is -0.375. The van der Waals surface area contributed by atoms with E-state index in [0.29, 0.717) is 6.42 Å². The maximum absolute atomic E-state index is 10.2. The minimum atomic E-state index is -0.970. The van der Waals surface area contributed by atoms with Crippen molar-refractivity contribution < 1.29 is 14.6 Å². The van der Waals surface area contributed by atoms with Crippen LogP contribution in [0, 0.1) is 0 Å². The third kappa shape index (κ3) is 3.61. The lowest BCUT2D eigenvalue weighted by molar-refractivity contribution is -0.164. The van der Waals surface area contributed by atoms with E-state index in [1.807, 2.05) is 0 Å². The lowest BCUT2D eigenvalue weighted by Crippen LogP contribution is -2.12. The summed E-state index contributed by atoms with van der Waals surface area (Å²) in [6.45, 7) is 3.07. The molecule has 8 heavy (non-hydrogen) atoms. The smallest absolute Gasteiger partial charge is 0.307 e. The molecule has 0 aliphatic rings. The van der Waals surface area contributed by atoms with Crippen LogP contribution < -0.4 is 0 Å². The molecule has 0 aliphatic carbocycles. The van der Waals surface area contributed by atoms with E-state index in [2.05, 4.69) is 4.74 Å². The second-order valence-electron chi connectivity index (χ2n) is 1.44. The van der Waals surface area contributed by atoms with Gasteiger partial charge in [0.25, 0.3) is 0 Å². The number of hydrogen-bond acceptors (Lipinski definition) is 3. The predicted molar refractivity (Wildman–Crippen MR) is 28.1 cm³/mol. The lowest BCUT2D eigenvalue weighted by atomic mass is 10.5. The normalized spacial score (nSPS) is 12.9. The molecule has 0 aliphatic heterocycles. The van der Waals surface area contributed by atoms with E-state index in [-0.39, 0.29) is 5.97 Å². The first-order chi connectivity index (χ1) is 3.66. The molecule has 3 heteroatoms. The number of rotatable bonds is 2. The maximum Gasteiger partial charge on any atom is 0.307 e. The van der Waals surface area contributed by atoms with Crippen LogP contribution in [0.5, 0.6) is 0 Å². The summed E-state index contributed by atoms with van der Waals surface area (Å²) in [5, 5.41) is 8.41. The molecule has 0 heterocycles. The van der Waals surface area contributed by atoms with Crippen LogP contribution in [0.1, 0.15) is 20.3 Å². The van der Waals surface area contributed by atoms with Gasteiger partial charge in [-0.2, -0.15) is 0 Å². The second kappa shape index (κ2) is 3.43. The topological polar surface area (TPSA) is 46.5 Å². The van der Waals surface area contributed by atoms with E-state index in [9.17, 15) is 4.79 Å². The van der Waals surface area contributed by atoms with Crippen LogP contribution >= 0.6 is 0 Å². The van der Waals surface area contributed by atoms with E-state index < -0.39 is 6.29 Å². The van der Waals surface area contributed by atoms with Gasteiger partial charge in [-0.15, -0.1) is 0 Å².